The number of benzene rings is 2. The first kappa shape index (κ1) is 19.6. The van der Waals surface area contributed by atoms with Crippen LogP contribution in [0.25, 0.3) is 33.7 Å². The van der Waals surface area contributed by atoms with Gasteiger partial charge in [0, 0.05) is 10.9 Å². The van der Waals surface area contributed by atoms with Gasteiger partial charge in [-0.3, -0.25) is 0 Å². The van der Waals surface area contributed by atoms with Crippen molar-refractivity contribution in [3.05, 3.63) is 77.1 Å². The number of alkyl halides is 3. The van der Waals surface area contributed by atoms with Crippen LogP contribution in [0.4, 0.5) is 17.6 Å². The van der Waals surface area contributed by atoms with Crippen molar-refractivity contribution in [3.8, 4) is 22.8 Å². The van der Waals surface area contributed by atoms with Crippen LogP contribution in [-0.2, 0) is 6.18 Å². The number of pyridine rings is 1. The van der Waals surface area contributed by atoms with Crippen LogP contribution in [-0.4, -0.2) is 16.1 Å². The highest BCUT2D eigenvalue weighted by Gasteiger charge is 2.30. The van der Waals surface area contributed by atoms with Crippen molar-refractivity contribution in [1.82, 2.24) is 4.98 Å². The molecular weight excluding hydrogens is 402 g/mol. The number of aromatic carboxylic acids is 1. The summed E-state index contributed by atoms with van der Waals surface area (Å²) in [4.78, 5) is 16.2. The van der Waals surface area contributed by atoms with Crippen LogP contribution in [0.1, 0.15) is 21.5 Å². The number of hydrogen-bond donors (Lipinski definition) is 1. The number of carboxylic acid groups (broad SMARTS) is 1. The Labute approximate surface area is 167 Å². The SMILES string of the molecule is Cc1c(-c2ccc(-c3cccc(C(F)(F)F)c3)o2)nc2ccc(F)cc2c1C(=O)O. The van der Waals surface area contributed by atoms with Crippen molar-refractivity contribution in [2.24, 2.45) is 0 Å². The lowest BCUT2D eigenvalue weighted by atomic mass is 10.0. The molecule has 0 saturated heterocycles. The molecule has 2 heterocycles. The average molecular weight is 415 g/mol. The standard InChI is InChI=1S/C22H13F4NO3/c1-11-19(21(28)29)15-10-14(23)5-6-16(15)27-20(11)18-8-7-17(30-18)12-3-2-4-13(9-12)22(24,25)26/h2-10H,1H3,(H,28,29). The molecule has 4 rings (SSSR count). The van der Waals surface area contributed by atoms with Crippen LogP contribution in [0, 0.1) is 12.7 Å². The van der Waals surface area contributed by atoms with Gasteiger partial charge in [-0.15, -0.1) is 0 Å². The topological polar surface area (TPSA) is 63.3 Å². The number of hydrogen-bond acceptors (Lipinski definition) is 3. The molecule has 0 unspecified atom stereocenters. The smallest absolute Gasteiger partial charge is 0.416 e. The van der Waals surface area contributed by atoms with Gasteiger partial charge in [0.1, 0.15) is 17.3 Å². The summed E-state index contributed by atoms with van der Waals surface area (Å²) in [5.41, 5.74) is 0.0106. The Bertz CT molecular complexity index is 1290. The number of carboxylic acids is 1. The molecule has 2 aromatic carbocycles. The van der Waals surface area contributed by atoms with Crippen molar-refractivity contribution in [2.45, 2.75) is 13.1 Å². The Morgan fingerprint density at radius 2 is 1.77 bits per heavy atom. The van der Waals surface area contributed by atoms with E-state index in [1.807, 2.05) is 0 Å². The zero-order valence-corrected chi connectivity index (χ0v) is 15.4. The van der Waals surface area contributed by atoms with E-state index in [1.165, 1.54) is 37.3 Å². The normalized spacial score (nSPS) is 11.8. The summed E-state index contributed by atoms with van der Waals surface area (Å²) in [6.45, 7) is 1.52. The molecule has 0 radical (unpaired) electrons. The van der Waals surface area contributed by atoms with Gasteiger partial charge in [0.05, 0.1) is 16.6 Å². The van der Waals surface area contributed by atoms with Gasteiger partial charge in [-0.25, -0.2) is 14.2 Å². The predicted molar refractivity (Wildman–Crippen MR) is 102 cm³/mol. The third kappa shape index (κ3) is 3.41. The number of carbonyl (C=O) groups is 1. The Kier molecular flexibility index (Phi) is 4.57. The first-order valence-electron chi connectivity index (χ1n) is 8.76. The summed E-state index contributed by atoms with van der Waals surface area (Å²) in [6.07, 6.45) is -4.49. The zero-order valence-electron chi connectivity index (χ0n) is 15.4. The minimum atomic E-state index is -4.49. The van der Waals surface area contributed by atoms with Crippen molar-refractivity contribution in [3.63, 3.8) is 0 Å². The zero-order chi connectivity index (χ0) is 21.6. The Morgan fingerprint density at radius 1 is 1.03 bits per heavy atom. The first-order valence-corrected chi connectivity index (χ1v) is 8.76. The molecule has 0 aliphatic heterocycles. The lowest BCUT2D eigenvalue weighted by molar-refractivity contribution is -0.137. The van der Waals surface area contributed by atoms with E-state index >= 15 is 0 Å². The first-order chi connectivity index (χ1) is 14.1. The molecule has 4 nitrogen and oxygen atoms in total. The number of rotatable bonds is 3. The van der Waals surface area contributed by atoms with Gasteiger partial charge in [0.15, 0.2) is 5.76 Å². The maximum absolute atomic E-state index is 13.6. The maximum atomic E-state index is 13.6. The quantitative estimate of drug-likeness (QED) is 0.398. The molecule has 0 atom stereocenters. The molecule has 30 heavy (non-hydrogen) atoms. The van der Waals surface area contributed by atoms with E-state index in [-0.39, 0.29) is 44.8 Å². The molecule has 4 aromatic rings. The number of aromatic nitrogens is 1. The molecule has 0 bridgehead atoms. The van der Waals surface area contributed by atoms with E-state index in [4.69, 9.17) is 4.42 Å². The molecular formula is C22H13F4NO3. The lowest BCUT2D eigenvalue weighted by Gasteiger charge is -2.10. The molecule has 0 saturated carbocycles. The predicted octanol–water partition coefficient (Wildman–Crippen LogP) is 6.33. The number of fused-ring (bicyclic) bond motifs is 1. The Hall–Kier alpha value is -3.68. The summed E-state index contributed by atoms with van der Waals surface area (Å²) < 4.78 is 58.3. The summed E-state index contributed by atoms with van der Waals surface area (Å²) in [6, 6.07) is 11.3. The van der Waals surface area contributed by atoms with E-state index in [1.54, 1.807) is 0 Å². The van der Waals surface area contributed by atoms with E-state index in [0.717, 1.165) is 24.3 Å². The van der Waals surface area contributed by atoms with Crippen LogP contribution >= 0.6 is 0 Å². The van der Waals surface area contributed by atoms with Gasteiger partial charge in [-0.1, -0.05) is 12.1 Å². The fraction of sp³-hybridized carbons (Fsp3) is 0.0909. The molecule has 0 fully saturated rings. The highest BCUT2D eigenvalue weighted by Crippen LogP contribution is 2.36. The van der Waals surface area contributed by atoms with Gasteiger partial charge in [-0.2, -0.15) is 13.2 Å². The molecule has 8 heteroatoms. The minimum absolute atomic E-state index is 0.119. The van der Waals surface area contributed by atoms with Crippen molar-refractivity contribution < 1.29 is 31.9 Å². The third-order valence-electron chi connectivity index (χ3n) is 4.72. The molecule has 0 aliphatic carbocycles. The Balaban J connectivity index is 1.85. The monoisotopic (exact) mass is 415 g/mol. The van der Waals surface area contributed by atoms with E-state index in [9.17, 15) is 27.5 Å². The second kappa shape index (κ2) is 6.98. The molecule has 1 N–H and O–H groups in total. The van der Waals surface area contributed by atoms with Crippen molar-refractivity contribution in [1.29, 1.82) is 0 Å². The second-order valence-electron chi connectivity index (χ2n) is 6.67. The van der Waals surface area contributed by atoms with Gasteiger partial charge < -0.3 is 9.52 Å². The Morgan fingerprint density at radius 3 is 2.47 bits per heavy atom. The summed E-state index contributed by atoms with van der Waals surface area (Å²) >= 11 is 0. The maximum Gasteiger partial charge on any atom is 0.416 e. The molecule has 0 spiro atoms. The average Bonchev–Trinajstić information content (AvgIpc) is 3.16. The fourth-order valence-electron chi connectivity index (χ4n) is 3.32. The molecule has 2 aromatic heterocycles. The number of furan rings is 1. The van der Waals surface area contributed by atoms with Gasteiger partial charge >= 0.3 is 12.1 Å². The highest BCUT2D eigenvalue weighted by molar-refractivity contribution is 6.05. The van der Waals surface area contributed by atoms with E-state index < -0.39 is 23.5 Å². The van der Waals surface area contributed by atoms with Gasteiger partial charge in [-0.05, 0) is 55.0 Å². The van der Waals surface area contributed by atoms with Crippen LogP contribution in [0.2, 0.25) is 0 Å². The van der Waals surface area contributed by atoms with Crippen molar-refractivity contribution in [2.75, 3.05) is 0 Å². The van der Waals surface area contributed by atoms with E-state index in [2.05, 4.69) is 4.98 Å². The van der Waals surface area contributed by atoms with Crippen LogP contribution in [0.3, 0.4) is 0 Å². The highest BCUT2D eigenvalue weighted by atomic mass is 19.4. The lowest BCUT2D eigenvalue weighted by Crippen LogP contribution is -2.05. The van der Waals surface area contributed by atoms with Crippen LogP contribution < -0.4 is 0 Å². The fourth-order valence-corrected chi connectivity index (χ4v) is 3.32. The summed E-state index contributed by atoms with van der Waals surface area (Å²) in [7, 11) is 0. The minimum Gasteiger partial charge on any atom is -0.478 e. The summed E-state index contributed by atoms with van der Waals surface area (Å²) in [5.74, 6) is -1.48. The van der Waals surface area contributed by atoms with Crippen LogP contribution in [0.15, 0.2) is 59.0 Å². The summed E-state index contributed by atoms with van der Waals surface area (Å²) in [5, 5.41) is 9.78. The molecule has 0 amide bonds. The largest absolute Gasteiger partial charge is 0.478 e. The van der Waals surface area contributed by atoms with E-state index in [0.29, 0.717) is 0 Å². The van der Waals surface area contributed by atoms with Gasteiger partial charge in [0.25, 0.3) is 0 Å². The number of nitrogens with zero attached hydrogens (tertiary/aromatic N) is 1. The third-order valence-corrected chi connectivity index (χ3v) is 4.72. The second-order valence-corrected chi connectivity index (χ2v) is 6.67. The van der Waals surface area contributed by atoms with Gasteiger partial charge in [0.2, 0.25) is 0 Å². The number of halogens is 4. The molecule has 152 valence electrons. The van der Waals surface area contributed by atoms with Crippen molar-refractivity contribution >= 4 is 16.9 Å². The van der Waals surface area contributed by atoms with Crippen LogP contribution in [0.5, 0.6) is 0 Å². The molecule has 0 aliphatic rings.